The SMILES string of the molecule is CC(C)c1cc(-c2ccc3ccccc3c2)cc(C(C)C)c1N. The molecule has 0 amide bonds. The second-order valence-corrected chi connectivity index (χ2v) is 6.94. The van der Waals surface area contributed by atoms with Crippen LogP contribution in [0.15, 0.2) is 54.6 Å². The van der Waals surface area contributed by atoms with Crippen molar-refractivity contribution in [3.05, 3.63) is 65.7 Å². The van der Waals surface area contributed by atoms with Crippen LogP contribution in [0.2, 0.25) is 0 Å². The average Bonchev–Trinajstić information content (AvgIpc) is 2.54. The molecule has 0 saturated carbocycles. The third-order valence-electron chi connectivity index (χ3n) is 4.57. The normalized spacial score (nSPS) is 11.6. The van der Waals surface area contributed by atoms with Crippen LogP contribution in [0.5, 0.6) is 0 Å². The number of nitrogen functional groups attached to an aromatic ring is 1. The van der Waals surface area contributed by atoms with E-state index >= 15 is 0 Å². The van der Waals surface area contributed by atoms with Gasteiger partial charge in [-0.3, -0.25) is 0 Å². The Balaban J connectivity index is 2.21. The van der Waals surface area contributed by atoms with E-state index < -0.39 is 0 Å². The van der Waals surface area contributed by atoms with Crippen molar-refractivity contribution in [2.75, 3.05) is 5.73 Å². The lowest BCUT2D eigenvalue weighted by Gasteiger charge is -2.19. The number of anilines is 1. The van der Waals surface area contributed by atoms with E-state index in [2.05, 4.69) is 82.3 Å². The van der Waals surface area contributed by atoms with Gasteiger partial charge in [0, 0.05) is 5.69 Å². The average molecular weight is 303 g/mol. The van der Waals surface area contributed by atoms with Crippen LogP contribution in [0, 0.1) is 0 Å². The number of hydrogen-bond donors (Lipinski definition) is 1. The molecule has 0 atom stereocenters. The summed E-state index contributed by atoms with van der Waals surface area (Å²) in [5, 5.41) is 2.55. The van der Waals surface area contributed by atoms with Gasteiger partial charge in [0.1, 0.15) is 0 Å². The number of rotatable bonds is 3. The smallest absolute Gasteiger partial charge is 0.0384 e. The highest BCUT2D eigenvalue weighted by atomic mass is 14.6. The molecule has 0 heterocycles. The zero-order valence-corrected chi connectivity index (χ0v) is 14.4. The lowest BCUT2D eigenvalue weighted by atomic mass is 9.88. The lowest BCUT2D eigenvalue weighted by molar-refractivity contribution is 0.840. The van der Waals surface area contributed by atoms with E-state index in [1.165, 1.54) is 33.0 Å². The molecule has 0 aliphatic heterocycles. The first kappa shape index (κ1) is 15.6. The van der Waals surface area contributed by atoms with E-state index in [1.54, 1.807) is 0 Å². The summed E-state index contributed by atoms with van der Waals surface area (Å²) >= 11 is 0. The monoisotopic (exact) mass is 303 g/mol. The molecule has 0 aliphatic carbocycles. The summed E-state index contributed by atoms with van der Waals surface area (Å²) in [4.78, 5) is 0. The fourth-order valence-electron chi connectivity index (χ4n) is 3.19. The van der Waals surface area contributed by atoms with Crippen LogP contribution in [0.25, 0.3) is 21.9 Å². The minimum atomic E-state index is 0.424. The summed E-state index contributed by atoms with van der Waals surface area (Å²) in [6.07, 6.45) is 0. The van der Waals surface area contributed by atoms with Gasteiger partial charge >= 0.3 is 0 Å². The van der Waals surface area contributed by atoms with Crippen LogP contribution >= 0.6 is 0 Å². The summed E-state index contributed by atoms with van der Waals surface area (Å²) in [6.45, 7) is 8.83. The maximum absolute atomic E-state index is 6.42. The third-order valence-corrected chi connectivity index (χ3v) is 4.57. The van der Waals surface area contributed by atoms with Crippen molar-refractivity contribution in [3.8, 4) is 11.1 Å². The van der Waals surface area contributed by atoms with Gasteiger partial charge in [0.05, 0.1) is 0 Å². The van der Waals surface area contributed by atoms with Crippen LogP contribution < -0.4 is 5.73 Å². The standard InChI is InChI=1S/C22H25N/c1-14(2)20-12-19(13-21(15(3)4)22(20)23)18-10-9-16-7-5-6-8-17(16)11-18/h5-15H,23H2,1-4H3. The molecule has 2 N–H and O–H groups in total. The Kier molecular flexibility index (Phi) is 4.12. The number of hydrogen-bond acceptors (Lipinski definition) is 1. The third kappa shape index (κ3) is 2.96. The highest BCUT2D eigenvalue weighted by molar-refractivity contribution is 5.87. The minimum Gasteiger partial charge on any atom is -0.398 e. The molecule has 118 valence electrons. The maximum atomic E-state index is 6.42. The van der Waals surface area contributed by atoms with Gasteiger partial charge in [-0.2, -0.15) is 0 Å². The highest BCUT2D eigenvalue weighted by Crippen LogP contribution is 2.35. The Morgan fingerprint density at radius 1 is 0.652 bits per heavy atom. The maximum Gasteiger partial charge on any atom is 0.0384 e. The van der Waals surface area contributed by atoms with Crippen molar-refractivity contribution < 1.29 is 0 Å². The first-order valence-electron chi connectivity index (χ1n) is 8.40. The molecule has 0 aliphatic rings. The molecule has 0 bridgehead atoms. The second kappa shape index (κ2) is 6.08. The summed E-state index contributed by atoms with van der Waals surface area (Å²) in [7, 11) is 0. The molecule has 0 spiro atoms. The first-order valence-corrected chi connectivity index (χ1v) is 8.40. The molecule has 0 saturated heterocycles. The topological polar surface area (TPSA) is 26.0 Å². The van der Waals surface area contributed by atoms with Gasteiger partial charge < -0.3 is 5.73 Å². The Bertz CT molecular complexity index is 814. The molecule has 3 aromatic carbocycles. The quantitative estimate of drug-likeness (QED) is 0.562. The van der Waals surface area contributed by atoms with E-state index in [0.29, 0.717) is 11.8 Å². The van der Waals surface area contributed by atoms with Gasteiger partial charge in [0.2, 0.25) is 0 Å². The molecule has 0 unspecified atom stereocenters. The molecule has 0 fully saturated rings. The van der Waals surface area contributed by atoms with Crippen LogP contribution in [0.4, 0.5) is 5.69 Å². The van der Waals surface area contributed by atoms with Gasteiger partial charge in [-0.25, -0.2) is 0 Å². The largest absolute Gasteiger partial charge is 0.398 e. The van der Waals surface area contributed by atoms with Crippen LogP contribution in [0.1, 0.15) is 50.7 Å². The van der Waals surface area contributed by atoms with Gasteiger partial charge in [0.15, 0.2) is 0 Å². The van der Waals surface area contributed by atoms with E-state index in [9.17, 15) is 0 Å². The van der Waals surface area contributed by atoms with Crippen molar-refractivity contribution in [1.82, 2.24) is 0 Å². The molecule has 0 radical (unpaired) electrons. The van der Waals surface area contributed by atoms with Crippen molar-refractivity contribution in [3.63, 3.8) is 0 Å². The van der Waals surface area contributed by atoms with Crippen LogP contribution in [-0.2, 0) is 0 Å². The second-order valence-electron chi connectivity index (χ2n) is 6.94. The van der Waals surface area contributed by atoms with E-state index in [-0.39, 0.29) is 0 Å². The summed E-state index contributed by atoms with van der Waals surface area (Å²) in [5.41, 5.74) is 12.4. The Morgan fingerprint density at radius 3 is 1.78 bits per heavy atom. The molecule has 23 heavy (non-hydrogen) atoms. The van der Waals surface area contributed by atoms with Crippen molar-refractivity contribution in [2.45, 2.75) is 39.5 Å². The van der Waals surface area contributed by atoms with Crippen molar-refractivity contribution in [2.24, 2.45) is 0 Å². The van der Waals surface area contributed by atoms with Crippen LogP contribution in [0.3, 0.4) is 0 Å². The fourth-order valence-corrected chi connectivity index (χ4v) is 3.19. The Labute approximate surface area is 139 Å². The molecule has 3 aromatic rings. The molecular weight excluding hydrogens is 278 g/mol. The predicted octanol–water partition coefficient (Wildman–Crippen LogP) is 6.34. The summed E-state index contributed by atoms with van der Waals surface area (Å²) in [5.74, 6) is 0.848. The molecule has 1 nitrogen and oxygen atoms in total. The van der Waals surface area contributed by atoms with E-state index in [1.807, 2.05) is 0 Å². The number of nitrogens with two attached hydrogens (primary N) is 1. The van der Waals surface area contributed by atoms with Crippen molar-refractivity contribution in [1.29, 1.82) is 0 Å². The van der Waals surface area contributed by atoms with Gasteiger partial charge in [-0.15, -0.1) is 0 Å². The number of benzene rings is 3. The lowest BCUT2D eigenvalue weighted by Crippen LogP contribution is -2.03. The molecular formula is C22H25N. The first-order chi connectivity index (χ1) is 11.0. The highest BCUT2D eigenvalue weighted by Gasteiger charge is 2.14. The summed E-state index contributed by atoms with van der Waals surface area (Å²) < 4.78 is 0. The van der Waals surface area contributed by atoms with E-state index in [4.69, 9.17) is 5.73 Å². The van der Waals surface area contributed by atoms with E-state index in [0.717, 1.165) is 5.69 Å². The molecule has 0 aromatic heterocycles. The molecule has 3 rings (SSSR count). The van der Waals surface area contributed by atoms with Crippen LogP contribution in [-0.4, -0.2) is 0 Å². The van der Waals surface area contributed by atoms with Gasteiger partial charge in [0.25, 0.3) is 0 Å². The zero-order chi connectivity index (χ0) is 16.6. The van der Waals surface area contributed by atoms with Gasteiger partial charge in [-0.1, -0.05) is 64.1 Å². The molecule has 1 heteroatoms. The van der Waals surface area contributed by atoms with Crippen molar-refractivity contribution >= 4 is 16.5 Å². The van der Waals surface area contributed by atoms with Gasteiger partial charge in [-0.05, 0) is 63.1 Å². The minimum absolute atomic E-state index is 0.424. The number of fused-ring (bicyclic) bond motifs is 1. The fraction of sp³-hybridized carbons (Fsp3) is 0.273. The Morgan fingerprint density at radius 2 is 1.22 bits per heavy atom. The Hall–Kier alpha value is -2.28. The predicted molar refractivity (Wildman–Crippen MR) is 102 cm³/mol. The zero-order valence-electron chi connectivity index (χ0n) is 14.4. The summed E-state index contributed by atoms with van der Waals surface area (Å²) in [6, 6.07) is 19.7.